The number of amides is 1. The van der Waals surface area contributed by atoms with Gasteiger partial charge in [0.25, 0.3) is 0 Å². The van der Waals surface area contributed by atoms with Gasteiger partial charge in [0.05, 0.1) is 0 Å². The second-order valence-corrected chi connectivity index (χ2v) is 4.01. The molecule has 1 saturated carbocycles. The van der Waals surface area contributed by atoms with E-state index in [1.54, 1.807) is 0 Å². The largest absolute Gasteiger partial charge is 0.396 e. The SMILES string of the molecule is CC(CO)CNC(=O)C1CCCC1. The number of carbonyl (C=O) groups is 1. The Morgan fingerprint density at radius 1 is 1.54 bits per heavy atom. The van der Waals surface area contributed by atoms with Crippen molar-refractivity contribution in [2.75, 3.05) is 13.2 Å². The lowest BCUT2D eigenvalue weighted by molar-refractivity contribution is -0.125. The molecule has 0 aliphatic heterocycles. The average molecular weight is 185 g/mol. The zero-order valence-electron chi connectivity index (χ0n) is 8.25. The van der Waals surface area contributed by atoms with E-state index in [4.69, 9.17) is 5.11 Å². The van der Waals surface area contributed by atoms with Crippen molar-refractivity contribution in [2.24, 2.45) is 11.8 Å². The highest BCUT2D eigenvalue weighted by Gasteiger charge is 2.22. The van der Waals surface area contributed by atoms with Crippen LogP contribution in [0, 0.1) is 11.8 Å². The molecule has 0 aromatic rings. The van der Waals surface area contributed by atoms with E-state index in [0.717, 1.165) is 12.8 Å². The number of hydrogen-bond donors (Lipinski definition) is 2. The molecule has 0 heterocycles. The van der Waals surface area contributed by atoms with Gasteiger partial charge in [-0.25, -0.2) is 0 Å². The predicted molar refractivity (Wildman–Crippen MR) is 51.2 cm³/mol. The van der Waals surface area contributed by atoms with Crippen LogP contribution in [0.3, 0.4) is 0 Å². The highest BCUT2D eigenvalue weighted by atomic mass is 16.3. The molecule has 3 heteroatoms. The molecular weight excluding hydrogens is 166 g/mol. The minimum atomic E-state index is 0.144. The third-order valence-corrected chi connectivity index (χ3v) is 2.66. The van der Waals surface area contributed by atoms with E-state index in [1.165, 1.54) is 12.8 Å². The molecule has 1 atom stereocenters. The summed E-state index contributed by atoms with van der Waals surface area (Å²) in [7, 11) is 0. The molecule has 0 saturated heterocycles. The fraction of sp³-hybridized carbons (Fsp3) is 0.900. The molecule has 13 heavy (non-hydrogen) atoms. The summed E-state index contributed by atoms with van der Waals surface area (Å²) < 4.78 is 0. The number of aliphatic hydroxyl groups excluding tert-OH is 1. The van der Waals surface area contributed by atoms with Gasteiger partial charge in [-0.05, 0) is 18.8 Å². The van der Waals surface area contributed by atoms with Crippen molar-refractivity contribution in [3.63, 3.8) is 0 Å². The molecule has 0 aromatic carbocycles. The third kappa shape index (κ3) is 3.35. The van der Waals surface area contributed by atoms with Gasteiger partial charge in [0.1, 0.15) is 0 Å². The van der Waals surface area contributed by atoms with Gasteiger partial charge in [0.2, 0.25) is 5.91 Å². The first-order chi connectivity index (χ1) is 6.24. The Hall–Kier alpha value is -0.570. The Morgan fingerprint density at radius 2 is 2.15 bits per heavy atom. The molecule has 3 nitrogen and oxygen atoms in total. The Balaban J connectivity index is 2.16. The summed E-state index contributed by atoms with van der Waals surface area (Å²) in [6, 6.07) is 0. The highest BCUT2D eigenvalue weighted by molar-refractivity contribution is 5.78. The van der Waals surface area contributed by atoms with Gasteiger partial charge in [0.15, 0.2) is 0 Å². The van der Waals surface area contributed by atoms with Gasteiger partial charge in [-0.3, -0.25) is 4.79 Å². The molecule has 0 spiro atoms. The molecule has 1 unspecified atom stereocenters. The van der Waals surface area contributed by atoms with Gasteiger partial charge in [0, 0.05) is 19.1 Å². The van der Waals surface area contributed by atoms with Gasteiger partial charge in [-0.1, -0.05) is 19.8 Å². The highest BCUT2D eigenvalue weighted by Crippen LogP contribution is 2.24. The number of carbonyl (C=O) groups excluding carboxylic acids is 1. The zero-order chi connectivity index (χ0) is 9.68. The van der Waals surface area contributed by atoms with Crippen LogP contribution in [0.2, 0.25) is 0 Å². The van der Waals surface area contributed by atoms with Crippen LogP contribution < -0.4 is 5.32 Å². The second-order valence-electron chi connectivity index (χ2n) is 4.01. The summed E-state index contributed by atoms with van der Waals surface area (Å²) in [5, 5.41) is 11.6. The van der Waals surface area contributed by atoms with Gasteiger partial charge in [-0.2, -0.15) is 0 Å². The van der Waals surface area contributed by atoms with E-state index in [1.807, 2.05) is 6.92 Å². The van der Waals surface area contributed by atoms with Crippen molar-refractivity contribution in [1.82, 2.24) is 5.32 Å². The van der Waals surface area contributed by atoms with Gasteiger partial charge >= 0.3 is 0 Å². The zero-order valence-corrected chi connectivity index (χ0v) is 8.25. The van der Waals surface area contributed by atoms with Crippen LogP contribution in [0.4, 0.5) is 0 Å². The Kier molecular flexibility index (Phi) is 4.22. The number of aliphatic hydroxyl groups is 1. The van der Waals surface area contributed by atoms with Crippen molar-refractivity contribution >= 4 is 5.91 Å². The van der Waals surface area contributed by atoms with E-state index < -0.39 is 0 Å². The molecule has 0 aromatic heterocycles. The van der Waals surface area contributed by atoms with Crippen LogP contribution in [0.1, 0.15) is 32.6 Å². The Morgan fingerprint density at radius 3 is 2.69 bits per heavy atom. The van der Waals surface area contributed by atoms with Crippen molar-refractivity contribution in [2.45, 2.75) is 32.6 Å². The minimum absolute atomic E-state index is 0.144. The summed E-state index contributed by atoms with van der Waals surface area (Å²) in [5.41, 5.74) is 0. The lowest BCUT2D eigenvalue weighted by Gasteiger charge is -2.12. The fourth-order valence-corrected chi connectivity index (χ4v) is 1.67. The van der Waals surface area contributed by atoms with Gasteiger partial charge < -0.3 is 10.4 Å². The normalized spacial score (nSPS) is 20.2. The Labute approximate surface area is 79.5 Å². The summed E-state index contributed by atoms with van der Waals surface area (Å²) in [6.07, 6.45) is 4.46. The van der Waals surface area contributed by atoms with E-state index >= 15 is 0 Å². The maximum absolute atomic E-state index is 11.5. The van der Waals surface area contributed by atoms with Crippen LogP contribution >= 0.6 is 0 Å². The van der Waals surface area contributed by atoms with Crippen molar-refractivity contribution in [3.8, 4) is 0 Å². The van der Waals surface area contributed by atoms with E-state index in [9.17, 15) is 4.79 Å². The molecule has 1 rings (SSSR count). The van der Waals surface area contributed by atoms with Crippen LogP contribution in [0.25, 0.3) is 0 Å². The predicted octanol–water partition coefficient (Wildman–Crippen LogP) is 0.921. The van der Waals surface area contributed by atoms with E-state index in [-0.39, 0.29) is 24.3 Å². The maximum atomic E-state index is 11.5. The van der Waals surface area contributed by atoms with Crippen LogP contribution in [-0.4, -0.2) is 24.2 Å². The number of rotatable bonds is 4. The van der Waals surface area contributed by atoms with E-state index in [0.29, 0.717) is 6.54 Å². The molecule has 1 fully saturated rings. The number of nitrogens with one attached hydrogen (secondary N) is 1. The molecule has 1 amide bonds. The first-order valence-electron chi connectivity index (χ1n) is 5.12. The summed E-state index contributed by atoms with van der Waals surface area (Å²) in [4.78, 5) is 11.5. The van der Waals surface area contributed by atoms with Crippen LogP contribution in [0.5, 0.6) is 0 Å². The molecule has 2 N–H and O–H groups in total. The molecule has 0 radical (unpaired) electrons. The van der Waals surface area contributed by atoms with Gasteiger partial charge in [-0.15, -0.1) is 0 Å². The lowest BCUT2D eigenvalue weighted by atomic mass is 10.1. The standard InChI is InChI=1S/C10H19NO2/c1-8(7-12)6-11-10(13)9-4-2-3-5-9/h8-9,12H,2-7H2,1H3,(H,11,13). The number of hydrogen-bond acceptors (Lipinski definition) is 2. The smallest absolute Gasteiger partial charge is 0.223 e. The first-order valence-corrected chi connectivity index (χ1v) is 5.12. The third-order valence-electron chi connectivity index (χ3n) is 2.66. The average Bonchev–Trinajstić information content (AvgIpc) is 2.66. The Bertz CT molecular complexity index is 164. The quantitative estimate of drug-likeness (QED) is 0.684. The molecule has 1 aliphatic rings. The monoisotopic (exact) mass is 185 g/mol. The maximum Gasteiger partial charge on any atom is 0.223 e. The lowest BCUT2D eigenvalue weighted by Crippen LogP contribution is -2.33. The fourth-order valence-electron chi connectivity index (χ4n) is 1.67. The van der Waals surface area contributed by atoms with Crippen LogP contribution in [0.15, 0.2) is 0 Å². The van der Waals surface area contributed by atoms with E-state index in [2.05, 4.69) is 5.32 Å². The molecule has 0 bridgehead atoms. The molecule has 76 valence electrons. The minimum Gasteiger partial charge on any atom is -0.396 e. The summed E-state index contributed by atoms with van der Waals surface area (Å²) >= 11 is 0. The van der Waals surface area contributed by atoms with Crippen molar-refractivity contribution in [1.29, 1.82) is 0 Å². The molecular formula is C10H19NO2. The first kappa shape index (κ1) is 10.5. The summed E-state index contributed by atoms with van der Waals surface area (Å²) in [6.45, 7) is 2.67. The summed E-state index contributed by atoms with van der Waals surface area (Å²) in [5.74, 6) is 0.592. The topological polar surface area (TPSA) is 49.3 Å². The molecule has 1 aliphatic carbocycles. The van der Waals surface area contributed by atoms with Crippen LogP contribution in [-0.2, 0) is 4.79 Å². The second kappa shape index (κ2) is 5.22. The van der Waals surface area contributed by atoms with Crippen molar-refractivity contribution < 1.29 is 9.90 Å². The van der Waals surface area contributed by atoms with Crippen molar-refractivity contribution in [3.05, 3.63) is 0 Å².